The van der Waals surface area contributed by atoms with Crippen molar-refractivity contribution < 1.29 is 9.53 Å². The van der Waals surface area contributed by atoms with Gasteiger partial charge in [-0.05, 0) is 55.0 Å². The normalized spacial score (nSPS) is 17.7. The lowest BCUT2D eigenvalue weighted by atomic mass is 9.91. The van der Waals surface area contributed by atoms with Crippen LogP contribution in [-0.2, 0) is 12.8 Å². The van der Waals surface area contributed by atoms with Crippen molar-refractivity contribution in [2.24, 2.45) is 0 Å². The van der Waals surface area contributed by atoms with Crippen molar-refractivity contribution >= 4 is 5.91 Å². The highest BCUT2D eigenvalue weighted by molar-refractivity contribution is 5.93. The highest BCUT2D eigenvalue weighted by atomic mass is 16.5. The number of ether oxygens (including phenoxy) is 1. The molecule has 26 heavy (non-hydrogen) atoms. The van der Waals surface area contributed by atoms with Gasteiger partial charge in [-0.1, -0.05) is 12.5 Å². The Morgan fingerprint density at radius 1 is 1.15 bits per heavy atom. The van der Waals surface area contributed by atoms with Crippen LogP contribution in [0, 0.1) is 0 Å². The molecule has 1 aliphatic heterocycles. The van der Waals surface area contributed by atoms with E-state index in [2.05, 4.69) is 27.3 Å². The fourth-order valence-electron chi connectivity index (χ4n) is 3.74. The Morgan fingerprint density at radius 2 is 1.96 bits per heavy atom. The molecule has 2 aromatic rings. The lowest BCUT2D eigenvalue weighted by Gasteiger charge is -2.36. The summed E-state index contributed by atoms with van der Waals surface area (Å²) in [5, 5.41) is 2.59. The van der Waals surface area contributed by atoms with E-state index in [1.807, 2.05) is 6.07 Å². The molecule has 2 aliphatic rings. The highest BCUT2D eigenvalue weighted by Gasteiger charge is 2.26. The maximum absolute atomic E-state index is 11.6. The molecule has 1 fully saturated rings. The van der Waals surface area contributed by atoms with Gasteiger partial charge in [-0.15, -0.1) is 0 Å². The van der Waals surface area contributed by atoms with Crippen molar-refractivity contribution in [3.05, 3.63) is 53.2 Å². The highest BCUT2D eigenvalue weighted by Crippen LogP contribution is 2.29. The standard InChI is InChI=1S/C21H25N3O2/c1-22-21(25)17-6-8-20(23-14-17)26-19-7-5-15-9-11-24(18-3-2-4-18)12-10-16(15)13-19/h5-8,13-14,18H,2-4,9-12H2,1H3,(H,22,25)/i1-1. The van der Waals surface area contributed by atoms with E-state index < -0.39 is 0 Å². The summed E-state index contributed by atoms with van der Waals surface area (Å²) in [6.45, 7) is 2.31. The van der Waals surface area contributed by atoms with E-state index in [0.717, 1.165) is 31.2 Å². The Hall–Kier alpha value is -2.40. The second kappa shape index (κ2) is 7.46. The zero-order valence-corrected chi connectivity index (χ0v) is 15.2. The molecule has 0 unspecified atom stereocenters. The molecule has 5 heteroatoms. The summed E-state index contributed by atoms with van der Waals surface area (Å²) in [4.78, 5) is 18.5. The predicted molar refractivity (Wildman–Crippen MR) is 101 cm³/mol. The molecule has 2 heterocycles. The Kier molecular flexibility index (Phi) is 4.89. The summed E-state index contributed by atoms with van der Waals surface area (Å²) >= 11 is 0. The van der Waals surface area contributed by atoms with Crippen LogP contribution in [0.15, 0.2) is 36.5 Å². The van der Waals surface area contributed by atoms with Crippen LogP contribution >= 0.6 is 0 Å². The van der Waals surface area contributed by atoms with Crippen molar-refractivity contribution in [1.29, 1.82) is 0 Å². The first-order chi connectivity index (χ1) is 12.7. The maximum Gasteiger partial charge on any atom is 0.252 e. The fourth-order valence-corrected chi connectivity index (χ4v) is 3.74. The zero-order valence-electron chi connectivity index (χ0n) is 15.2. The van der Waals surface area contributed by atoms with Gasteiger partial charge in [-0.2, -0.15) is 0 Å². The van der Waals surface area contributed by atoms with Gasteiger partial charge in [0.2, 0.25) is 5.88 Å². The number of hydrogen-bond acceptors (Lipinski definition) is 4. The molecule has 0 bridgehead atoms. The maximum atomic E-state index is 11.6. The smallest absolute Gasteiger partial charge is 0.252 e. The molecule has 5 nitrogen and oxygen atoms in total. The SMILES string of the molecule is [11CH3]NC(=O)c1ccc(Oc2ccc3c(c2)CCN(C2CCC2)CC3)nc1. The van der Waals surface area contributed by atoms with Gasteiger partial charge in [0.05, 0.1) is 5.56 Å². The van der Waals surface area contributed by atoms with E-state index in [9.17, 15) is 4.79 Å². The summed E-state index contributed by atoms with van der Waals surface area (Å²) in [5.74, 6) is 1.16. The van der Waals surface area contributed by atoms with E-state index in [1.54, 1.807) is 19.2 Å². The van der Waals surface area contributed by atoms with E-state index in [1.165, 1.54) is 43.1 Å². The van der Waals surface area contributed by atoms with Crippen molar-refractivity contribution in [1.82, 2.24) is 15.2 Å². The van der Waals surface area contributed by atoms with E-state index in [-0.39, 0.29) is 5.91 Å². The monoisotopic (exact) mass is 350 g/mol. The van der Waals surface area contributed by atoms with Gasteiger partial charge in [0.15, 0.2) is 0 Å². The minimum Gasteiger partial charge on any atom is -0.439 e. The van der Waals surface area contributed by atoms with Crippen molar-refractivity contribution in [2.75, 3.05) is 20.1 Å². The number of hydrogen-bond donors (Lipinski definition) is 1. The number of pyridine rings is 1. The van der Waals surface area contributed by atoms with Crippen LogP contribution < -0.4 is 10.1 Å². The van der Waals surface area contributed by atoms with Gasteiger partial charge >= 0.3 is 0 Å². The van der Waals surface area contributed by atoms with Crippen molar-refractivity contribution in [3.63, 3.8) is 0 Å². The van der Waals surface area contributed by atoms with Crippen molar-refractivity contribution in [3.8, 4) is 11.6 Å². The quantitative estimate of drug-likeness (QED) is 0.920. The summed E-state index contributed by atoms with van der Waals surface area (Å²) < 4.78 is 5.90. The molecule has 1 N–H and O–H groups in total. The third kappa shape index (κ3) is 3.58. The molecular formula is C21H25N3O2. The number of carbonyl (C=O) groups is 1. The second-order valence-corrected chi connectivity index (χ2v) is 7.12. The number of rotatable bonds is 4. The largest absolute Gasteiger partial charge is 0.439 e. The number of benzene rings is 1. The molecule has 1 aromatic heterocycles. The lowest BCUT2D eigenvalue weighted by Crippen LogP contribution is -2.41. The molecule has 0 atom stereocenters. The lowest BCUT2D eigenvalue weighted by molar-refractivity contribution is 0.0962. The molecule has 1 amide bonds. The van der Waals surface area contributed by atoms with Gasteiger partial charge in [0.25, 0.3) is 5.91 Å². The summed E-state index contributed by atoms with van der Waals surface area (Å²) in [5.41, 5.74) is 3.34. The molecule has 1 aliphatic carbocycles. The molecule has 1 saturated carbocycles. The summed E-state index contributed by atoms with van der Waals surface area (Å²) in [6.07, 6.45) is 7.84. The third-order valence-electron chi connectivity index (χ3n) is 5.55. The van der Waals surface area contributed by atoms with Crippen LogP contribution in [0.4, 0.5) is 0 Å². The summed E-state index contributed by atoms with van der Waals surface area (Å²) in [6, 6.07) is 10.6. The minimum absolute atomic E-state index is 0.148. The average molecular weight is 350 g/mol. The molecule has 0 radical (unpaired) electrons. The second-order valence-electron chi connectivity index (χ2n) is 7.12. The number of nitrogens with zero attached hydrogens (tertiary/aromatic N) is 2. The number of amides is 1. The van der Waals surface area contributed by atoms with Crippen LogP contribution in [0.5, 0.6) is 11.6 Å². The zero-order chi connectivity index (χ0) is 17.9. The molecule has 0 spiro atoms. The first kappa shape index (κ1) is 17.0. The van der Waals surface area contributed by atoms with Gasteiger partial charge in [-0.3, -0.25) is 9.69 Å². The number of fused-ring (bicyclic) bond motifs is 1. The Bertz CT molecular complexity index is 784. The molecule has 4 rings (SSSR count). The van der Waals surface area contributed by atoms with Crippen LogP contribution in [0.1, 0.15) is 40.7 Å². The Labute approximate surface area is 154 Å². The van der Waals surface area contributed by atoms with Crippen LogP contribution in [0.2, 0.25) is 0 Å². The summed E-state index contributed by atoms with van der Waals surface area (Å²) in [7, 11) is 1.61. The first-order valence-electron chi connectivity index (χ1n) is 9.45. The van der Waals surface area contributed by atoms with E-state index in [0.29, 0.717) is 11.4 Å². The van der Waals surface area contributed by atoms with Gasteiger partial charge < -0.3 is 10.1 Å². The third-order valence-corrected chi connectivity index (χ3v) is 5.55. The van der Waals surface area contributed by atoms with Crippen LogP contribution in [0.25, 0.3) is 0 Å². The van der Waals surface area contributed by atoms with Crippen molar-refractivity contribution in [2.45, 2.75) is 38.1 Å². The van der Waals surface area contributed by atoms with Gasteiger partial charge in [-0.25, -0.2) is 4.98 Å². The fraction of sp³-hybridized carbons (Fsp3) is 0.429. The van der Waals surface area contributed by atoms with Crippen LogP contribution in [0.3, 0.4) is 0 Å². The van der Waals surface area contributed by atoms with E-state index in [4.69, 9.17) is 4.74 Å². The average Bonchev–Trinajstić information content (AvgIpc) is 2.83. The predicted octanol–water partition coefficient (Wildman–Crippen LogP) is 3.19. The number of carbonyl (C=O) groups excluding carboxylic acids is 1. The van der Waals surface area contributed by atoms with Gasteiger partial charge in [0.1, 0.15) is 5.75 Å². The topological polar surface area (TPSA) is 54.5 Å². The Balaban J connectivity index is 1.44. The van der Waals surface area contributed by atoms with Gasteiger partial charge in [0, 0.05) is 38.4 Å². The molecule has 0 saturated heterocycles. The van der Waals surface area contributed by atoms with Crippen LogP contribution in [-0.4, -0.2) is 42.0 Å². The number of nitrogens with one attached hydrogen (secondary N) is 1. The molecular weight excluding hydrogens is 325 g/mol. The molecule has 136 valence electrons. The Morgan fingerprint density at radius 3 is 2.62 bits per heavy atom. The minimum atomic E-state index is -0.148. The number of aromatic nitrogens is 1. The first-order valence-corrected chi connectivity index (χ1v) is 9.45. The molecule has 1 aromatic carbocycles. The van der Waals surface area contributed by atoms with E-state index >= 15 is 0 Å².